The van der Waals surface area contributed by atoms with Crippen molar-refractivity contribution in [2.45, 2.75) is 18.9 Å². The van der Waals surface area contributed by atoms with Crippen LogP contribution in [0, 0.1) is 6.92 Å². The van der Waals surface area contributed by atoms with Crippen LogP contribution in [-0.2, 0) is 16.4 Å². The zero-order chi connectivity index (χ0) is 21.4. The van der Waals surface area contributed by atoms with Crippen LogP contribution in [0.2, 0.25) is 0 Å². The highest BCUT2D eigenvalue weighted by Crippen LogP contribution is 2.26. The van der Waals surface area contributed by atoms with Gasteiger partial charge in [-0.25, -0.2) is 0 Å². The van der Waals surface area contributed by atoms with E-state index in [0.29, 0.717) is 33.6 Å². The topological polar surface area (TPSA) is 85.6 Å². The summed E-state index contributed by atoms with van der Waals surface area (Å²) in [6.07, 6.45) is 0.0445. The Labute approximate surface area is 164 Å². The predicted molar refractivity (Wildman–Crippen MR) is 102 cm³/mol. The molecule has 0 radical (unpaired) electrons. The number of halogens is 3. The van der Waals surface area contributed by atoms with E-state index in [1.54, 1.807) is 25.1 Å². The van der Waals surface area contributed by atoms with Gasteiger partial charge in [0, 0.05) is 17.7 Å². The summed E-state index contributed by atoms with van der Waals surface area (Å²) >= 11 is 0. The number of ether oxygens (including phenoxy) is 1. The molecule has 3 rings (SSSR count). The highest BCUT2D eigenvalue weighted by atomic mass is 32.2. The van der Waals surface area contributed by atoms with Crippen LogP contribution in [0.3, 0.4) is 0 Å². The lowest BCUT2D eigenvalue weighted by Gasteiger charge is -2.12. The third-order valence-corrected chi connectivity index (χ3v) is 5.37. The van der Waals surface area contributed by atoms with Gasteiger partial charge in [-0.15, -0.1) is 0 Å². The van der Waals surface area contributed by atoms with Gasteiger partial charge >= 0.3 is 15.5 Å². The van der Waals surface area contributed by atoms with Gasteiger partial charge in [-0.05, 0) is 42.8 Å². The Morgan fingerprint density at radius 2 is 1.86 bits per heavy atom. The average molecular weight is 427 g/mol. The van der Waals surface area contributed by atoms with Crippen molar-refractivity contribution in [1.82, 2.24) is 0 Å². The van der Waals surface area contributed by atoms with E-state index in [4.69, 9.17) is 9.15 Å². The molecular weight excluding hydrogens is 411 g/mol. The van der Waals surface area contributed by atoms with Crippen molar-refractivity contribution in [3.63, 3.8) is 0 Å². The first-order valence-electron chi connectivity index (χ1n) is 8.30. The molecule has 1 N–H and O–H groups in total. The summed E-state index contributed by atoms with van der Waals surface area (Å²) < 4.78 is 72.6. The first-order valence-corrected chi connectivity index (χ1v) is 9.78. The molecule has 3 aromatic rings. The van der Waals surface area contributed by atoms with E-state index in [9.17, 15) is 26.4 Å². The molecule has 6 nitrogen and oxygen atoms in total. The fourth-order valence-electron chi connectivity index (χ4n) is 2.82. The molecule has 1 heterocycles. The lowest BCUT2D eigenvalue weighted by molar-refractivity contribution is -0.0429. The summed E-state index contributed by atoms with van der Waals surface area (Å²) in [4.78, 5) is 12.9. The summed E-state index contributed by atoms with van der Waals surface area (Å²) in [6.45, 7) is 1.61. The number of methoxy groups -OCH3 is 1. The number of fused-ring (bicyclic) bond motifs is 1. The highest BCUT2D eigenvalue weighted by Gasteiger charge is 2.46. The van der Waals surface area contributed by atoms with Crippen molar-refractivity contribution < 1.29 is 30.7 Å². The number of alkyl halides is 3. The largest absolute Gasteiger partial charge is 0.516 e. The zero-order valence-electron chi connectivity index (χ0n) is 15.3. The Hall–Kier alpha value is -3.01. The number of sulfonamides is 1. The van der Waals surface area contributed by atoms with Gasteiger partial charge in [0.05, 0.1) is 12.5 Å². The Bertz CT molecular complexity index is 1230. The van der Waals surface area contributed by atoms with E-state index in [1.165, 1.54) is 36.1 Å². The summed E-state index contributed by atoms with van der Waals surface area (Å²) in [7, 11) is -4.07. The third kappa shape index (κ3) is 4.21. The minimum absolute atomic E-state index is 0.0445. The average Bonchev–Trinajstić information content (AvgIpc) is 2.64. The van der Waals surface area contributed by atoms with Crippen LogP contribution in [0.25, 0.3) is 11.0 Å². The Morgan fingerprint density at radius 1 is 1.14 bits per heavy atom. The normalized spacial score (nSPS) is 12.2. The molecule has 2 aromatic carbocycles. The molecule has 29 heavy (non-hydrogen) atoms. The summed E-state index contributed by atoms with van der Waals surface area (Å²) in [6, 6.07) is 10.2. The van der Waals surface area contributed by atoms with Crippen LogP contribution in [-0.4, -0.2) is 21.0 Å². The van der Waals surface area contributed by atoms with Crippen molar-refractivity contribution in [3.8, 4) is 5.75 Å². The minimum atomic E-state index is -5.54. The number of benzene rings is 2. The van der Waals surface area contributed by atoms with Gasteiger partial charge in [0.25, 0.3) is 0 Å². The molecule has 0 atom stereocenters. The van der Waals surface area contributed by atoms with Gasteiger partial charge < -0.3 is 9.15 Å². The fraction of sp³-hybridized carbons (Fsp3) is 0.211. The lowest BCUT2D eigenvalue weighted by Crippen LogP contribution is -2.29. The predicted octanol–water partition coefficient (Wildman–Crippen LogP) is 3.96. The van der Waals surface area contributed by atoms with E-state index < -0.39 is 15.5 Å². The SMILES string of the molecule is COc1ccc2oc(C)c(Cc3cccc(NS(=O)(=O)C(F)(F)F)c3)c(=O)c2c1. The van der Waals surface area contributed by atoms with E-state index >= 15 is 0 Å². The van der Waals surface area contributed by atoms with Crippen LogP contribution in [0.1, 0.15) is 16.9 Å². The number of hydrogen-bond donors (Lipinski definition) is 1. The number of anilines is 1. The molecule has 0 saturated heterocycles. The van der Waals surface area contributed by atoms with Crippen LogP contribution >= 0.6 is 0 Å². The molecule has 1 aromatic heterocycles. The van der Waals surface area contributed by atoms with Crippen LogP contribution < -0.4 is 14.9 Å². The molecule has 0 spiro atoms. The maximum absolute atomic E-state index is 12.9. The number of aryl methyl sites for hydroxylation is 1. The molecule has 10 heteroatoms. The Morgan fingerprint density at radius 3 is 2.52 bits per heavy atom. The highest BCUT2D eigenvalue weighted by molar-refractivity contribution is 7.93. The van der Waals surface area contributed by atoms with Crippen molar-refractivity contribution in [1.29, 1.82) is 0 Å². The summed E-state index contributed by atoms with van der Waals surface area (Å²) in [5, 5.41) is 0.305. The second-order valence-electron chi connectivity index (χ2n) is 6.26. The van der Waals surface area contributed by atoms with Crippen LogP contribution in [0.15, 0.2) is 51.7 Å². The lowest BCUT2D eigenvalue weighted by atomic mass is 10.0. The second kappa shape index (κ2) is 7.43. The van der Waals surface area contributed by atoms with Gasteiger partial charge in [0.1, 0.15) is 17.1 Å². The van der Waals surface area contributed by atoms with Crippen LogP contribution in [0.5, 0.6) is 5.75 Å². The summed E-state index contributed by atoms with van der Waals surface area (Å²) in [5.74, 6) is 0.831. The van der Waals surface area contributed by atoms with Crippen molar-refractivity contribution >= 4 is 26.7 Å². The molecule has 154 valence electrons. The molecular formula is C19H16F3NO5S. The molecule has 0 aliphatic rings. The van der Waals surface area contributed by atoms with E-state index in [1.807, 2.05) is 0 Å². The first kappa shape index (κ1) is 20.7. The fourth-order valence-corrected chi connectivity index (χ4v) is 3.37. The van der Waals surface area contributed by atoms with Crippen molar-refractivity contribution in [2.24, 2.45) is 0 Å². The molecule has 0 bridgehead atoms. The maximum Gasteiger partial charge on any atom is 0.516 e. The van der Waals surface area contributed by atoms with Gasteiger partial charge in [-0.1, -0.05) is 12.1 Å². The minimum Gasteiger partial charge on any atom is -0.497 e. The van der Waals surface area contributed by atoms with Crippen molar-refractivity contribution in [2.75, 3.05) is 11.8 Å². The molecule has 0 aliphatic heterocycles. The van der Waals surface area contributed by atoms with Gasteiger partial charge in [0.2, 0.25) is 0 Å². The van der Waals surface area contributed by atoms with Gasteiger partial charge in [-0.3, -0.25) is 9.52 Å². The quantitative estimate of drug-likeness (QED) is 0.666. The van der Waals surface area contributed by atoms with Crippen molar-refractivity contribution in [3.05, 3.63) is 69.6 Å². The van der Waals surface area contributed by atoms with Gasteiger partial charge in [-0.2, -0.15) is 21.6 Å². The van der Waals surface area contributed by atoms with E-state index in [2.05, 4.69) is 0 Å². The molecule has 0 unspecified atom stereocenters. The third-order valence-electron chi connectivity index (χ3n) is 4.26. The van der Waals surface area contributed by atoms with Crippen LogP contribution in [0.4, 0.5) is 18.9 Å². The molecule has 0 saturated carbocycles. The smallest absolute Gasteiger partial charge is 0.497 e. The zero-order valence-corrected chi connectivity index (χ0v) is 16.1. The first-order chi connectivity index (χ1) is 13.5. The maximum atomic E-state index is 12.9. The number of hydrogen-bond acceptors (Lipinski definition) is 5. The van der Waals surface area contributed by atoms with Gasteiger partial charge in [0.15, 0.2) is 5.43 Å². The monoisotopic (exact) mass is 427 g/mol. The molecule has 0 fully saturated rings. The molecule has 0 aliphatic carbocycles. The summed E-state index contributed by atoms with van der Waals surface area (Å²) in [5.41, 5.74) is -4.87. The van der Waals surface area contributed by atoms with E-state index in [0.717, 1.165) is 0 Å². The van der Waals surface area contributed by atoms with E-state index in [-0.39, 0.29) is 17.5 Å². The Balaban J connectivity index is 1.98. The number of nitrogens with one attached hydrogen (secondary N) is 1. The second-order valence-corrected chi connectivity index (χ2v) is 7.93. The Kier molecular flexibility index (Phi) is 5.31. The number of rotatable bonds is 5. The standard InChI is InChI=1S/C19H16F3NO5S/c1-11-15(18(24)16-10-14(27-2)6-7-17(16)28-11)9-12-4-3-5-13(8-12)23-29(25,26)19(20,21)22/h3-8,10,23H,9H2,1-2H3. The molecule has 0 amide bonds.